The van der Waals surface area contributed by atoms with E-state index in [0.29, 0.717) is 12.1 Å². The van der Waals surface area contributed by atoms with Crippen LogP contribution >= 0.6 is 0 Å². The molecule has 0 saturated carbocycles. The summed E-state index contributed by atoms with van der Waals surface area (Å²) in [6.07, 6.45) is 1.84. The second kappa shape index (κ2) is 7.07. The summed E-state index contributed by atoms with van der Waals surface area (Å²) in [7, 11) is 0. The highest BCUT2D eigenvalue weighted by Crippen LogP contribution is 2.15. The maximum atomic E-state index is 13.2. The number of aromatic nitrogens is 1. The Morgan fingerprint density at radius 1 is 1.14 bits per heavy atom. The molecule has 0 aliphatic heterocycles. The Morgan fingerprint density at radius 2 is 1.90 bits per heavy atom. The summed E-state index contributed by atoms with van der Waals surface area (Å²) in [5.41, 5.74) is 2.69. The average Bonchev–Trinajstić information content (AvgIpc) is 2.51. The summed E-state index contributed by atoms with van der Waals surface area (Å²) in [6, 6.07) is 9.21. The third-order valence-corrected chi connectivity index (χ3v) is 3.55. The number of nitrogens with zero attached hydrogens (tertiary/aromatic N) is 2. The molecule has 0 amide bonds. The smallest absolute Gasteiger partial charge is 0.128 e. The summed E-state index contributed by atoms with van der Waals surface area (Å²) >= 11 is 0. The minimum atomic E-state index is -0.163. The van der Waals surface area contributed by atoms with E-state index in [0.717, 1.165) is 30.2 Å². The third-order valence-electron chi connectivity index (χ3n) is 3.55. The van der Waals surface area contributed by atoms with Gasteiger partial charge < -0.3 is 10.2 Å². The van der Waals surface area contributed by atoms with Gasteiger partial charge in [-0.25, -0.2) is 9.37 Å². The molecule has 2 aromatic rings. The zero-order valence-corrected chi connectivity index (χ0v) is 12.9. The molecule has 0 atom stereocenters. The van der Waals surface area contributed by atoms with Crippen molar-refractivity contribution in [3.63, 3.8) is 0 Å². The third kappa shape index (κ3) is 3.94. The van der Waals surface area contributed by atoms with E-state index in [1.54, 1.807) is 13.0 Å². The van der Waals surface area contributed by atoms with Crippen LogP contribution in [0.1, 0.15) is 25.0 Å². The number of anilines is 2. The van der Waals surface area contributed by atoms with Gasteiger partial charge in [0, 0.05) is 19.6 Å². The van der Waals surface area contributed by atoms with Gasteiger partial charge in [-0.15, -0.1) is 0 Å². The maximum absolute atomic E-state index is 13.2. The number of benzene rings is 1. The zero-order chi connectivity index (χ0) is 15.2. The molecular weight excluding hydrogens is 265 g/mol. The van der Waals surface area contributed by atoms with Crippen LogP contribution in [0.3, 0.4) is 0 Å². The highest BCUT2D eigenvalue weighted by molar-refractivity contribution is 5.48. The largest absolute Gasteiger partial charge is 0.380 e. The van der Waals surface area contributed by atoms with Crippen LogP contribution < -0.4 is 10.2 Å². The lowest BCUT2D eigenvalue weighted by Gasteiger charge is -2.19. The van der Waals surface area contributed by atoms with Crippen LogP contribution in [0.2, 0.25) is 0 Å². The van der Waals surface area contributed by atoms with Crippen molar-refractivity contribution in [1.29, 1.82) is 0 Å². The van der Waals surface area contributed by atoms with Gasteiger partial charge in [0.05, 0.1) is 11.9 Å². The van der Waals surface area contributed by atoms with Crippen molar-refractivity contribution in [2.75, 3.05) is 23.3 Å². The van der Waals surface area contributed by atoms with Crippen LogP contribution in [0.25, 0.3) is 0 Å². The van der Waals surface area contributed by atoms with E-state index >= 15 is 0 Å². The molecule has 0 fully saturated rings. The molecule has 0 radical (unpaired) electrons. The summed E-state index contributed by atoms with van der Waals surface area (Å²) in [5, 5.41) is 3.31. The van der Waals surface area contributed by atoms with E-state index in [9.17, 15) is 4.39 Å². The molecule has 1 aromatic carbocycles. The highest BCUT2D eigenvalue weighted by Gasteiger charge is 2.03. The molecule has 1 heterocycles. The van der Waals surface area contributed by atoms with Crippen molar-refractivity contribution in [3.8, 4) is 0 Å². The molecule has 0 spiro atoms. The van der Waals surface area contributed by atoms with Crippen LogP contribution in [0, 0.1) is 12.7 Å². The van der Waals surface area contributed by atoms with E-state index in [-0.39, 0.29) is 5.82 Å². The predicted octanol–water partition coefficient (Wildman–Crippen LogP) is 3.99. The molecule has 0 bridgehead atoms. The van der Waals surface area contributed by atoms with Crippen LogP contribution in [-0.2, 0) is 6.54 Å². The lowest BCUT2D eigenvalue weighted by Crippen LogP contribution is -2.22. The monoisotopic (exact) mass is 287 g/mol. The number of halogens is 1. The Labute approximate surface area is 125 Å². The van der Waals surface area contributed by atoms with Crippen molar-refractivity contribution in [2.45, 2.75) is 27.3 Å². The van der Waals surface area contributed by atoms with Gasteiger partial charge >= 0.3 is 0 Å². The fourth-order valence-electron chi connectivity index (χ4n) is 2.25. The van der Waals surface area contributed by atoms with Gasteiger partial charge in [0.2, 0.25) is 0 Å². The second-order valence-electron chi connectivity index (χ2n) is 5.01. The van der Waals surface area contributed by atoms with E-state index in [1.165, 1.54) is 6.07 Å². The molecular formula is C17H22FN3. The van der Waals surface area contributed by atoms with E-state index < -0.39 is 0 Å². The van der Waals surface area contributed by atoms with Gasteiger partial charge in [-0.1, -0.05) is 12.1 Å². The van der Waals surface area contributed by atoms with Gasteiger partial charge in [0.1, 0.15) is 11.6 Å². The van der Waals surface area contributed by atoms with Gasteiger partial charge in [-0.3, -0.25) is 0 Å². The van der Waals surface area contributed by atoms with Crippen molar-refractivity contribution in [1.82, 2.24) is 4.98 Å². The molecule has 2 rings (SSSR count). The number of hydrogen-bond donors (Lipinski definition) is 1. The van der Waals surface area contributed by atoms with Crippen LogP contribution in [0.15, 0.2) is 36.5 Å². The minimum Gasteiger partial charge on any atom is -0.380 e. The Kier molecular flexibility index (Phi) is 5.14. The number of aryl methyl sites for hydroxylation is 1. The van der Waals surface area contributed by atoms with E-state index in [4.69, 9.17) is 0 Å². The Hall–Kier alpha value is -2.10. The normalized spacial score (nSPS) is 10.5. The summed E-state index contributed by atoms with van der Waals surface area (Å²) in [6.45, 7) is 8.57. The predicted molar refractivity (Wildman–Crippen MR) is 86.3 cm³/mol. The molecule has 4 heteroatoms. The lowest BCUT2D eigenvalue weighted by molar-refractivity contribution is 0.617. The molecule has 3 nitrogen and oxygen atoms in total. The van der Waals surface area contributed by atoms with Crippen molar-refractivity contribution < 1.29 is 4.39 Å². The Bertz CT molecular complexity index is 577. The molecule has 0 aliphatic carbocycles. The summed E-state index contributed by atoms with van der Waals surface area (Å²) in [4.78, 5) is 6.67. The molecule has 0 saturated heterocycles. The maximum Gasteiger partial charge on any atom is 0.128 e. The number of pyridine rings is 1. The van der Waals surface area contributed by atoms with Crippen LogP contribution in [0.4, 0.5) is 15.9 Å². The fourth-order valence-corrected chi connectivity index (χ4v) is 2.25. The van der Waals surface area contributed by atoms with Gasteiger partial charge in [0.25, 0.3) is 0 Å². The van der Waals surface area contributed by atoms with Gasteiger partial charge in [-0.2, -0.15) is 0 Å². The van der Waals surface area contributed by atoms with Gasteiger partial charge in [0.15, 0.2) is 0 Å². The van der Waals surface area contributed by atoms with Crippen LogP contribution in [0.5, 0.6) is 0 Å². The number of rotatable bonds is 6. The molecule has 0 unspecified atom stereocenters. The fraction of sp³-hybridized carbons (Fsp3) is 0.353. The topological polar surface area (TPSA) is 28.2 Å². The first-order valence-electron chi connectivity index (χ1n) is 7.34. The van der Waals surface area contributed by atoms with Crippen molar-refractivity contribution >= 4 is 11.5 Å². The Balaban J connectivity index is 1.98. The first-order valence-corrected chi connectivity index (χ1v) is 7.34. The molecule has 21 heavy (non-hydrogen) atoms. The SMILES string of the molecule is CCN(CC)c1ccc(NCc2ccc(F)c(C)c2)cn1. The molecule has 1 N–H and O–H groups in total. The van der Waals surface area contributed by atoms with Crippen molar-refractivity contribution in [2.24, 2.45) is 0 Å². The summed E-state index contributed by atoms with van der Waals surface area (Å²) in [5.74, 6) is 0.826. The molecule has 112 valence electrons. The first kappa shape index (κ1) is 15.3. The Morgan fingerprint density at radius 3 is 2.48 bits per heavy atom. The van der Waals surface area contributed by atoms with E-state index in [1.807, 2.05) is 24.4 Å². The average molecular weight is 287 g/mol. The molecule has 1 aromatic heterocycles. The standard InChI is InChI=1S/C17H22FN3/c1-4-21(5-2)17-9-7-15(12-20-17)19-11-14-6-8-16(18)13(3)10-14/h6-10,12,19H,4-5,11H2,1-3H3. The number of nitrogens with one attached hydrogen (secondary N) is 1. The quantitative estimate of drug-likeness (QED) is 0.870. The minimum absolute atomic E-state index is 0.163. The van der Waals surface area contributed by atoms with Crippen molar-refractivity contribution in [3.05, 3.63) is 53.5 Å². The highest BCUT2D eigenvalue weighted by atomic mass is 19.1. The lowest BCUT2D eigenvalue weighted by atomic mass is 10.1. The second-order valence-corrected chi connectivity index (χ2v) is 5.01. The van der Waals surface area contributed by atoms with E-state index in [2.05, 4.69) is 29.0 Å². The first-order chi connectivity index (χ1) is 10.1. The summed E-state index contributed by atoms with van der Waals surface area (Å²) < 4.78 is 13.2. The van der Waals surface area contributed by atoms with Gasteiger partial charge in [-0.05, 0) is 50.1 Å². The zero-order valence-electron chi connectivity index (χ0n) is 12.9. The molecule has 0 aliphatic rings. The van der Waals surface area contributed by atoms with Crippen LogP contribution in [-0.4, -0.2) is 18.1 Å². The number of hydrogen-bond acceptors (Lipinski definition) is 3.